The van der Waals surface area contributed by atoms with Crippen molar-refractivity contribution in [2.75, 3.05) is 19.6 Å². The number of alkyl halides is 1. The van der Waals surface area contributed by atoms with Crippen molar-refractivity contribution in [3.8, 4) is 0 Å². The highest BCUT2D eigenvalue weighted by Crippen LogP contribution is 2.19. The van der Waals surface area contributed by atoms with Gasteiger partial charge >= 0.3 is 0 Å². The first kappa shape index (κ1) is 13.4. The van der Waals surface area contributed by atoms with Gasteiger partial charge in [-0.05, 0) is 12.8 Å². The van der Waals surface area contributed by atoms with Crippen molar-refractivity contribution in [3.05, 3.63) is 0 Å². The van der Waals surface area contributed by atoms with Crippen LogP contribution in [0, 0.1) is 0 Å². The van der Waals surface area contributed by atoms with Crippen LogP contribution in [0.2, 0.25) is 0 Å². The van der Waals surface area contributed by atoms with Gasteiger partial charge in [-0.15, -0.1) is 0 Å². The first-order chi connectivity index (χ1) is 6.94. The van der Waals surface area contributed by atoms with Gasteiger partial charge in [0.2, 0.25) is 10.0 Å². The van der Waals surface area contributed by atoms with E-state index in [-0.39, 0.29) is 0 Å². The van der Waals surface area contributed by atoms with Crippen LogP contribution in [0.4, 0.5) is 0 Å². The van der Waals surface area contributed by atoms with E-state index in [0.29, 0.717) is 25.7 Å². The lowest BCUT2D eigenvalue weighted by atomic mass is 10.4. The quantitative estimate of drug-likeness (QED) is 0.774. The second-order valence-electron chi connectivity index (χ2n) is 4.12. The minimum Gasteiger partial charge on any atom is -0.312 e. The van der Waals surface area contributed by atoms with E-state index in [9.17, 15) is 8.42 Å². The third kappa shape index (κ3) is 3.69. The van der Waals surface area contributed by atoms with E-state index >= 15 is 0 Å². The third-order valence-electron chi connectivity index (χ3n) is 2.43. The Morgan fingerprint density at radius 1 is 1.33 bits per heavy atom. The van der Waals surface area contributed by atoms with Crippen LogP contribution in [0.15, 0.2) is 0 Å². The normalized spacial score (nSPS) is 21.1. The predicted molar refractivity (Wildman–Crippen MR) is 65.6 cm³/mol. The van der Waals surface area contributed by atoms with Gasteiger partial charge in [0.15, 0.2) is 0 Å². The van der Waals surface area contributed by atoms with E-state index in [4.69, 9.17) is 0 Å². The molecule has 1 heterocycles. The number of halogens is 1. The molecule has 0 radical (unpaired) electrons. The zero-order valence-electron chi connectivity index (χ0n) is 9.24. The average Bonchev–Trinajstić information content (AvgIpc) is 2.66. The predicted octanol–water partition coefficient (Wildman–Crippen LogP) is 1.13. The summed E-state index contributed by atoms with van der Waals surface area (Å²) in [6.07, 6.45) is 1.97. The molecule has 0 amide bonds. The van der Waals surface area contributed by atoms with Crippen molar-refractivity contribution in [2.45, 2.75) is 36.9 Å². The zero-order chi connectivity index (χ0) is 11.5. The molecule has 0 aromatic rings. The maximum atomic E-state index is 12.0. The largest absolute Gasteiger partial charge is 0.312 e. The van der Waals surface area contributed by atoms with Crippen molar-refractivity contribution < 1.29 is 8.42 Å². The Labute approximate surface area is 101 Å². The van der Waals surface area contributed by atoms with Crippen LogP contribution in [0.3, 0.4) is 0 Å². The molecule has 1 rings (SSSR count). The SMILES string of the molecule is CC(C)NCC(Br)S(=O)(=O)N1CCCC1. The molecule has 1 atom stereocenters. The lowest BCUT2D eigenvalue weighted by molar-refractivity contribution is 0.471. The molecule has 1 unspecified atom stereocenters. The van der Waals surface area contributed by atoms with Crippen LogP contribution < -0.4 is 5.32 Å². The lowest BCUT2D eigenvalue weighted by Gasteiger charge is -2.20. The molecule has 6 heteroatoms. The molecule has 90 valence electrons. The van der Waals surface area contributed by atoms with Crippen molar-refractivity contribution in [1.29, 1.82) is 0 Å². The van der Waals surface area contributed by atoms with Gasteiger partial charge in [0, 0.05) is 25.7 Å². The Morgan fingerprint density at radius 3 is 2.33 bits per heavy atom. The summed E-state index contributed by atoms with van der Waals surface area (Å²) >= 11 is 3.25. The molecule has 0 aromatic carbocycles. The van der Waals surface area contributed by atoms with Crippen LogP contribution in [0.5, 0.6) is 0 Å². The first-order valence-corrected chi connectivity index (χ1v) is 7.73. The molecule has 0 spiro atoms. The molecule has 1 fully saturated rings. The zero-order valence-corrected chi connectivity index (χ0v) is 11.6. The number of nitrogens with zero attached hydrogens (tertiary/aromatic N) is 1. The third-order valence-corrected chi connectivity index (χ3v) is 6.07. The van der Waals surface area contributed by atoms with Crippen molar-refractivity contribution in [2.24, 2.45) is 0 Å². The van der Waals surface area contributed by atoms with Crippen LogP contribution >= 0.6 is 15.9 Å². The molecule has 1 aliphatic heterocycles. The summed E-state index contributed by atoms with van der Waals surface area (Å²) in [7, 11) is -3.15. The smallest absolute Gasteiger partial charge is 0.228 e. The van der Waals surface area contributed by atoms with Gasteiger partial charge in [-0.3, -0.25) is 0 Å². The summed E-state index contributed by atoms with van der Waals surface area (Å²) in [5.74, 6) is 0. The van der Waals surface area contributed by atoms with E-state index in [1.807, 2.05) is 13.8 Å². The fraction of sp³-hybridized carbons (Fsp3) is 1.00. The Morgan fingerprint density at radius 2 is 1.87 bits per heavy atom. The Balaban J connectivity index is 2.52. The molecular weight excluding hydrogens is 280 g/mol. The van der Waals surface area contributed by atoms with Gasteiger partial charge in [-0.2, -0.15) is 0 Å². The molecule has 1 saturated heterocycles. The molecule has 0 aliphatic carbocycles. The summed E-state index contributed by atoms with van der Waals surface area (Å²) < 4.78 is 25.0. The summed E-state index contributed by atoms with van der Waals surface area (Å²) in [5, 5.41) is 3.12. The first-order valence-electron chi connectivity index (χ1n) is 5.31. The van der Waals surface area contributed by atoms with Crippen molar-refractivity contribution in [1.82, 2.24) is 9.62 Å². The highest BCUT2D eigenvalue weighted by atomic mass is 79.9. The average molecular weight is 299 g/mol. The fourth-order valence-electron chi connectivity index (χ4n) is 1.54. The molecule has 1 aliphatic rings. The molecule has 0 bridgehead atoms. The summed E-state index contributed by atoms with van der Waals surface area (Å²) in [4.78, 5) is 0. The minimum atomic E-state index is -3.15. The van der Waals surface area contributed by atoms with Gasteiger partial charge < -0.3 is 5.32 Å². The Kier molecular flexibility index (Phi) is 5.02. The number of hydrogen-bond acceptors (Lipinski definition) is 3. The maximum Gasteiger partial charge on any atom is 0.228 e. The monoisotopic (exact) mass is 298 g/mol. The molecule has 1 N–H and O–H groups in total. The number of sulfonamides is 1. The van der Waals surface area contributed by atoms with Crippen molar-refractivity contribution in [3.63, 3.8) is 0 Å². The summed E-state index contributed by atoms with van der Waals surface area (Å²) in [6, 6.07) is 0.304. The van der Waals surface area contributed by atoms with E-state index in [1.54, 1.807) is 4.31 Å². The standard InChI is InChI=1S/C9H19BrN2O2S/c1-8(2)11-7-9(10)15(13,14)12-5-3-4-6-12/h8-9,11H,3-7H2,1-2H3. The lowest BCUT2D eigenvalue weighted by Crippen LogP contribution is -2.40. The minimum absolute atomic E-state index is 0.304. The van der Waals surface area contributed by atoms with Crippen LogP contribution in [-0.2, 0) is 10.0 Å². The van der Waals surface area contributed by atoms with Gasteiger partial charge in [-0.25, -0.2) is 12.7 Å². The molecular formula is C9H19BrN2O2S. The van der Waals surface area contributed by atoms with E-state index in [1.165, 1.54) is 0 Å². The van der Waals surface area contributed by atoms with E-state index in [0.717, 1.165) is 12.8 Å². The van der Waals surface area contributed by atoms with Gasteiger partial charge in [0.05, 0.1) is 0 Å². The highest BCUT2D eigenvalue weighted by Gasteiger charge is 2.31. The second-order valence-corrected chi connectivity index (χ2v) is 7.95. The van der Waals surface area contributed by atoms with Gasteiger partial charge in [0.25, 0.3) is 0 Å². The summed E-state index contributed by atoms with van der Waals surface area (Å²) in [5.41, 5.74) is 0. The number of hydrogen-bond donors (Lipinski definition) is 1. The van der Waals surface area contributed by atoms with E-state index < -0.39 is 14.2 Å². The van der Waals surface area contributed by atoms with E-state index in [2.05, 4.69) is 21.2 Å². The number of nitrogens with one attached hydrogen (secondary N) is 1. The van der Waals surface area contributed by atoms with Crippen molar-refractivity contribution >= 4 is 26.0 Å². The molecule has 4 nitrogen and oxygen atoms in total. The Hall–Kier alpha value is 0.350. The van der Waals surface area contributed by atoms with Crippen LogP contribution in [0.25, 0.3) is 0 Å². The van der Waals surface area contributed by atoms with Crippen LogP contribution in [-0.4, -0.2) is 42.6 Å². The molecule has 15 heavy (non-hydrogen) atoms. The summed E-state index contributed by atoms with van der Waals surface area (Å²) in [6.45, 7) is 5.80. The fourth-order valence-corrected chi connectivity index (χ4v) is 3.83. The molecule has 0 aromatic heterocycles. The highest BCUT2D eigenvalue weighted by molar-refractivity contribution is 9.11. The molecule has 0 saturated carbocycles. The second kappa shape index (κ2) is 5.61. The van der Waals surface area contributed by atoms with Crippen LogP contribution in [0.1, 0.15) is 26.7 Å². The topological polar surface area (TPSA) is 49.4 Å². The number of rotatable bonds is 5. The van der Waals surface area contributed by atoms with Gasteiger partial charge in [0.1, 0.15) is 4.16 Å². The maximum absolute atomic E-state index is 12.0. The van der Waals surface area contributed by atoms with Gasteiger partial charge in [-0.1, -0.05) is 29.8 Å². The Bertz CT molecular complexity index is 286.